The zero-order valence-electron chi connectivity index (χ0n) is 16.4. The highest BCUT2D eigenvalue weighted by atomic mass is 16.5. The number of aryl methyl sites for hydroxylation is 1. The molecule has 0 N–H and O–H groups in total. The Kier molecular flexibility index (Phi) is 4.73. The summed E-state index contributed by atoms with van der Waals surface area (Å²) in [7, 11) is 1.50. The van der Waals surface area contributed by atoms with Crippen molar-refractivity contribution in [3.8, 4) is 0 Å². The van der Waals surface area contributed by atoms with Crippen LogP contribution in [0.1, 0.15) is 56.1 Å². The van der Waals surface area contributed by atoms with Gasteiger partial charge in [0.15, 0.2) is 0 Å². The molecule has 4 rings (SSSR count). The number of ether oxygens (including phenoxy) is 1. The first-order chi connectivity index (χ1) is 13.0. The van der Waals surface area contributed by atoms with Gasteiger partial charge in [-0.3, -0.25) is 9.59 Å². The third kappa shape index (κ3) is 2.69. The number of hydrogen-bond donors (Lipinski definition) is 0. The number of methoxy groups -OCH3 is 1. The van der Waals surface area contributed by atoms with Crippen LogP contribution >= 0.6 is 0 Å². The van der Waals surface area contributed by atoms with Crippen LogP contribution in [0.25, 0.3) is 0 Å². The van der Waals surface area contributed by atoms with Crippen LogP contribution in [0, 0.1) is 29.1 Å². The van der Waals surface area contributed by atoms with E-state index in [0.29, 0.717) is 11.8 Å². The maximum Gasteiger partial charge on any atom is 0.309 e. The molecule has 0 unspecified atom stereocenters. The molecule has 3 heteroatoms. The maximum atomic E-state index is 12.9. The molecule has 0 aromatic heterocycles. The van der Waals surface area contributed by atoms with Crippen LogP contribution in [0.15, 0.2) is 36.9 Å². The predicted molar refractivity (Wildman–Crippen MR) is 105 cm³/mol. The molecule has 2 fully saturated rings. The summed E-state index contributed by atoms with van der Waals surface area (Å²) in [6, 6.07) is 8.60. The predicted octanol–water partition coefficient (Wildman–Crippen LogP) is 4.70. The van der Waals surface area contributed by atoms with Gasteiger partial charge in [0.05, 0.1) is 13.0 Å². The molecule has 2 saturated carbocycles. The zero-order valence-corrected chi connectivity index (χ0v) is 16.4. The third-order valence-corrected chi connectivity index (χ3v) is 7.89. The van der Waals surface area contributed by atoms with Gasteiger partial charge in [0.1, 0.15) is 5.78 Å². The van der Waals surface area contributed by atoms with Crippen LogP contribution < -0.4 is 0 Å². The van der Waals surface area contributed by atoms with Crippen molar-refractivity contribution in [2.24, 2.45) is 29.1 Å². The molecule has 3 nitrogen and oxygen atoms in total. The van der Waals surface area contributed by atoms with E-state index in [1.165, 1.54) is 18.2 Å². The summed E-state index contributed by atoms with van der Waals surface area (Å²) in [5.41, 5.74) is 2.59. The minimum atomic E-state index is -0.169. The number of fused-ring (bicyclic) bond motifs is 5. The standard InChI is InChI=1S/C24H30O3/c1-4-13-24-14-19(23(26)27-3)22-17-8-6-5-7-16(17)9-10-18(22)21(24)12-11-20(24)15(2)25/h4-8,18-22H,1,9-14H2,2-3H3/t18-,19+,20-,21-,22+,24-/m0/s1. The lowest BCUT2D eigenvalue weighted by Gasteiger charge is -2.54. The second-order valence-electron chi connectivity index (χ2n) is 8.83. The lowest BCUT2D eigenvalue weighted by atomic mass is 9.49. The number of carbonyl (C=O) groups excluding carboxylic acids is 2. The molecule has 1 aromatic rings. The van der Waals surface area contributed by atoms with Gasteiger partial charge >= 0.3 is 5.97 Å². The Morgan fingerprint density at radius 2 is 2.04 bits per heavy atom. The van der Waals surface area contributed by atoms with E-state index in [-0.39, 0.29) is 34.9 Å². The Morgan fingerprint density at radius 3 is 2.74 bits per heavy atom. The molecule has 0 bridgehead atoms. The van der Waals surface area contributed by atoms with Crippen molar-refractivity contribution in [3.05, 3.63) is 48.0 Å². The summed E-state index contributed by atoms with van der Waals surface area (Å²) < 4.78 is 5.27. The van der Waals surface area contributed by atoms with Crippen LogP contribution in [-0.4, -0.2) is 18.9 Å². The Hall–Kier alpha value is -1.90. The van der Waals surface area contributed by atoms with Gasteiger partial charge in [0.2, 0.25) is 0 Å². The van der Waals surface area contributed by atoms with E-state index in [1.54, 1.807) is 6.92 Å². The number of Topliss-reactive ketones (excluding diaryl/α,β-unsaturated/α-hetero) is 1. The minimum Gasteiger partial charge on any atom is -0.469 e. The zero-order chi connectivity index (χ0) is 19.2. The largest absolute Gasteiger partial charge is 0.469 e. The number of ketones is 1. The van der Waals surface area contributed by atoms with E-state index in [2.05, 4.69) is 30.8 Å². The first kappa shape index (κ1) is 18.5. The van der Waals surface area contributed by atoms with Gasteiger partial charge in [-0.05, 0) is 73.8 Å². The van der Waals surface area contributed by atoms with Gasteiger partial charge in [0, 0.05) is 11.8 Å². The summed E-state index contributed by atoms with van der Waals surface area (Å²) in [6.45, 7) is 5.74. The number of benzene rings is 1. The van der Waals surface area contributed by atoms with Crippen LogP contribution in [0.3, 0.4) is 0 Å². The number of hydrogen-bond acceptors (Lipinski definition) is 3. The van der Waals surface area contributed by atoms with Crippen molar-refractivity contribution in [3.63, 3.8) is 0 Å². The number of rotatable bonds is 4. The highest BCUT2D eigenvalue weighted by molar-refractivity contribution is 5.80. The number of carbonyl (C=O) groups is 2. The highest BCUT2D eigenvalue weighted by Crippen LogP contribution is 2.66. The Balaban J connectivity index is 1.84. The number of esters is 1. The molecule has 0 amide bonds. The van der Waals surface area contributed by atoms with Gasteiger partial charge in [0.25, 0.3) is 0 Å². The van der Waals surface area contributed by atoms with E-state index >= 15 is 0 Å². The Morgan fingerprint density at radius 1 is 1.26 bits per heavy atom. The van der Waals surface area contributed by atoms with Crippen molar-refractivity contribution >= 4 is 11.8 Å². The quantitative estimate of drug-likeness (QED) is 0.573. The first-order valence-corrected chi connectivity index (χ1v) is 10.3. The normalized spacial score (nSPS) is 36.9. The van der Waals surface area contributed by atoms with Crippen molar-refractivity contribution in [1.29, 1.82) is 0 Å². The molecular formula is C24H30O3. The molecule has 144 valence electrons. The van der Waals surface area contributed by atoms with Gasteiger partial charge in [-0.1, -0.05) is 30.3 Å². The van der Waals surface area contributed by atoms with Crippen molar-refractivity contribution in [2.75, 3.05) is 7.11 Å². The van der Waals surface area contributed by atoms with Crippen molar-refractivity contribution < 1.29 is 14.3 Å². The van der Waals surface area contributed by atoms with Crippen LogP contribution in [-0.2, 0) is 20.7 Å². The monoisotopic (exact) mass is 366 g/mol. The fourth-order valence-corrected chi connectivity index (χ4v) is 7.07. The molecule has 0 saturated heterocycles. The molecule has 27 heavy (non-hydrogen) atoms. The van der Waals surface area contributed by atoms with Crippen molar-refractivity contribution in [2.45, 2.75) is 51.4 Å². The van der Waals surface area contributed by atoms with Gasteiger partial charge < -0.3 is 4.74 Å². The fraction of sp³-hybridized carbons (Fsp3) is 0.583. The van der Waals surface area contributed by atoms with Crippen LogP contribution in [0.4, 0.5) is 0 Å². The Bertz CT molecular complexity index is 767. The summed E-state index contributed by atoms with van der Waals surface area (Å²) in [6.07, 6.45) is 7.75. The summed E-state index contributed by atoms with van der Waals surface area (Å²) in [5, 5.41) is 0. The SMILES string of the molecule is C=CC[C@@]12C[C@@H](C(=O)OC)[C@@H]3c4ccccc4CC[C@H]3[C@@H]1CC[C@H]2C(C)=O. The molecular weight excluding hydrogens is 336 g/mol. The first-order valence-electron chi connectivity index (χ1n) is 10.3. The smallest absolute Gasteiger partial charge is 0.309 e. The molecule has 3 aliphatic carbocycles. The van der Waals surface area contributed by atoms with Gasteiger partial charge in [-0.25, -0.2) is 0 Å². The van der Waals surface area contributed by atoms with E-state index in [1.807, 2.05) is 6.08 Å². The lowest BCUT2D eigenvalue weighted by Crippen LogP contribution is -2.51. The van der Waals surface area contributed by atoms with Crippen LogP contribution in [0.2, 0.25) is 0 Å². The molecule has 0 spiro atoms. The van der Waals surface area contributed by atoms with Gasteiger partial charge in [-0.2, -0.15) is 0 Å². The average molecular weight is 367 g/mol. The van der Waals surface area contributed by atoms with E-state index < -0.39 is 0 Å². The van der Waals surface area contributed by atoms with E-state index in [9.17, 15) is 9.59 Å². The van der Waals surface area contributed by atoms with E-state index in [0.717, 1.165) is 38.5 Å². The van der Waals surface area contributed by atoms with E-state index in [4.69, 9.17) is 4.74 Å². The summed E-state index contributed by atoms with van der Waals surface area (Å²) >= 11 is 0. The molecule has 0 aliphatic heterocycles. The summed E-state index contributed by atoms with van der Waals surface area (Å²) in [4.78, 5) is 25.4. The lowest BCUT2D eigenvalue weighted by molar-refractivity contribution is -0.155. The molecule has 0 heterocycles. The highest BCUT2D eigenvalue weighted by Gasteiger charge is 2.61. The molecule has 6 atom stereocenters. The summed E-state index contributed by atoms with van der Waals surface area (Å²) in [5.74, 6) is 1.19. The molecule has 3 aliphatic rings. The molecule has 0 radical (unpaired) electrons. The fourth-order valence-electron chi connectivity index (χ4n) is 7.07. The second kappa shape index (κ2) is 6.92. The van der Waals surface area contributed by atoms with Crippen molar-refractivity contribution in [1.82, 2.24) is 0 Å². The minimum absolute atomic E-state index is 0.0470. The molecule has 1 aromatic carbocycles. The second-order valence-corrected chi connectivity index (χ2v) is 8.83. The topological polar surface area (TPSA) is 43.4 Å². The Labute approximate surface area is 162 Å². The van der Waals surface area contributed by atoms with Gasteiger partial charge in [-0.15, -0.1) is 6.58 Å². The van der Waals surface area contributed by atoms with Crippen LogP contribution in [0.5, 0.6) is 0 Å². The number of allylic oxidation sites excluding steroid dienone is 1. The maximum absolute atomic E-state index is 12.9. The third-order valence-electron chi connectivity index (χ3n) is 7.89. The average Bonchev–Trinajstić information content (AvgIpc) is 3.06.